The Morgan fingerprint density at radius 2 is 1.32 bits per heavy atom. The van der Waals surface area contributed by atoms with E-state index in [0.29, 0.717) is 5.75 Å². The van der Waals surface area contributed by atoms with Crippen molar-refractivity contribution in [1.29, 1.82) is 0 Å². The molecular formula is C22H22OS2. The molecule has 0 spiro atoms. The standard InChI is InChI=1S/C22H22OS2/c1-17-7-11-19(12-8-17)15-24-21-5-3-4-6-22(21)25(23)16-20-13-9-18(2)10-14-20/h3-14H,15-16H2,1-2H3. The van der Waals surface area contributed by atoms with Crippen molar-refractivity contribution in [2.45, 2.75) is 35.1 Å². The van der Waals surface area contributed by atoms with Crippen LogP contribution in [-0.2, 0) is 22.3 Å². The van der Waals surface area contributed by atoms with Crippen molar-refractivity contribution in [3.8, 4) is 0 Å². The zero-order valence-electron chi connectivity index (χ0n) is 14.6. The summed E-state index contributed by atoms with van der Waals surface area (Å²) < 4.78 is 12.9. The van der Waals surface area contributed by atoms with Crippen LogP contribution in [0.25, 0.3) is 0 Å². The van der Waals surface area contributed by atoms with Gasteiger partial charge in [0, 0.05) is 10.6 Å². The molecule has 0 aliphatic heterocycles. The topological polar surface area (TPSA) is 17.1 Å². The maximum Gasteiger partial charge on any atom is 0.0585 e. The SMILES string of the molecule is Cc1ccc(CSc2ccccc2S(=O)Cc2ccc(C)cc2)cc1. The molecule has 0 bridgehead atoms. The number of aryl methyl sites for hydroxylation is 2. The molecule has 1 nitrogen and oxygen atoms in total. The maximum absolute atomic E-state index is 12.9. The van der Waals surface area contributed by atoms with E-state index in [1.54, 1.807) is 11.8 Å². The van der Waals surface area contributed by atoms with Gasteiger partial charge < -0.3 is 0 Å². The number of hydrogen-bond acceptors (Lipinski definition) is 2. The molecule has 3 aromatic rings. The van der Waals surface area contributed by atoms with E-state index in [1.807, 2.05) is 18.2 Å². The minimum atomic E-state index is -1.03. The Morgan fingerprint density at radius 3 is 1.96 bits per heavy atom. The van der Waals surface area contributed by atoms with E-state index in [0.717, 1.165) is 21.1 Å². The van der Waals surface area contributed by atoms with Crippen LogP contribution in [-0.4, -0.2) is 4.21 Å². The van der Waals surface area contributed by atoms with Crippen LogP contribution < -0.4 is 0 Å². The van der Waals surface area contributed by atoms with Gasteiger partial charge in [0.25, 0.3) is 0 Å². The molecule has 3 aromatic carbocycles. The van der Waals surface area contributed by atoms with Crippen molar-refractivity contribution >= 4 is 22.6 Å². The second kappa shape index (κ2) is 8.50. The van der Waals surface area contributed by atoms with E-state index in [4.69, 9.17) is 0 Å². The van der Waals surface area contributed by atoms with Crippen LogP contribution in [0.2, 0.25) is 0 Å². The van der Waals surface area contributed by atoms with Gasteiger partial charge in [-0.25, -0.2) is 0 Å². The fourth-order valence-corrected chi connectivity index (χ4v) is 5.05. The predicted molar refractivity (Wildman–Crippen MR) is 108 cm³/mol. The van der Waals surface area contributed by atoms with E-state index in [2.05, 4.69) is 68.4 Å². The van der Waals surface area contributed by atoms with Gasteiger partial charge in [0.05, 0.1) is 21.4 Å². The Kier molecular flexibility index (Phi) is 6.11. The lowest BCUT2D eigenvalue weighted by molar-refractivity contribution is 0.681. The molecule has 0 saturated heterocycles. The highest BCUT2D eigenvalue weighted by Crippen LogP contribution is 2.29. The molecule has 0 N–H and O–H groups in total. The molecular weight excluding hydrogens is 344 g/mol. The van der Waals surface area contributed by atoms with Crippen molar-refractivity contribution < 1.29 is 4.21 Å². The number of rotatable bonds is 6. The summed E-state index contributed by atoms with van der Waals surface area (Å²) in [6.45, 7) is 4.16. The molecule has 1 atom stereocenters. The molecule has 0 aliphatic rings. The third-order valence-electron chi connectivity index (χ3n) is 4.03. The second-order valence-corrected chi connectivity index (χ2v) is 8.63. The lowest BCUT2D eigenvalue weighted by atomic mass is 10.2. The fourth-order valence-electron chi connectivity index (χ4n) is 2.52. The molecule has 0 amide bonds. The van der Waals surface area contributed by atoms with Crippen LogP contribution in [0.5, 0.6) is 0 Å². The first kappa shape index (κ1) is 18.0. The van der Waals surface area contributed by atoms with Crippen LogP contribution >= 0.6 is 11.8 Å². The summed E-state index contributed by atoms with van der Waals surface area (Å²) in [5.41, 5.74) is 4.90. The average molecular weight is 367 g/mol. The molecule has 0 fully saturated rings. The Labute approximate surface area is 157 Å². The predicted octanol–water partition coefficient (Wildman–Crippen LogP) is 5.90. The molecule has 0 radical (unpaired) electrons. The van der Waals surface area contributed by atoms with Crippen molar-refractivity contribution in [2.75, 3.05) is 0 Å². The number of hydrogen-bond donors (Lipinski definition) is 0. The molecule has 1 unspecified atom stereocenters. The molecule has 0 saturated carbocycles. The van der Waals surface area contributed by atoms with Gasteiger partial charge in [-0.3, -0.25) is 4.21 Å². The zero-order chi connectivity index (χ0) is 17.6. The molecule has 3 heteroatoms. The zero-order valence-corrected chi connectivity index (χ0v) is 16.2. The highest BCUT2D eigenvalue weighted by Gasteiger charge is 2.11. The minimum absolute atomic E-state index is 0.558. The van der Waals surface area contributed by atoms with E-state index in [-0.39, 0.29) is 0 Å². The normalized spacial score (nSPS) is 12.1. The third kappa shape index (κ3) is 5.07. The lowest BCUT2D eigenvalue weighted by Gasteiger charge is -2.10. The summed E-state index contributed by atoms with van der Waals surface area (Å²) >= 11 is 1.75. The minimum Gasteiger partial charge on any atom is -0.254 e. The highest BCUT2D eigenvalue weighted by atomic mass is 32.2. The quantitative estimate of drug-likeness (QED) is 0.505. The van der Waals surface area contributed by atoms with E-state index in [1.165, 1.54) is 16.7 Å². The van der Waals surface area contributed by atoms with E-state index in [9.17, 15) is 4.21 Å². The van der Waals surface area contributed by atoms with Gasteiger partial charge in [-0.2, -0.15) is 0 Å². The van der Waals surface area contributed by atoms with Crippen LogP contribution in [0.1, 0.15) is 22.3 Å². The highest BCUT2D eigenvalue weighted by molar-refractivity contribution is 7.99. The van der Waals surface area contributed by atoms with Crippen LogP contribution in [0.15, 0.2) is 82.6 Å². The summed E-state index contributed by atoms with van der Waals surface area (Å²) in [7, 11) is -1.03. The second-order valence-electron chi connectivity index (χ2n) is 6.20. The largest absolute Gasteiger partial charge is 0.254 e. The average Bonchev–Trinajstić information content (AvgIpc) is 2.63. The summed E-state index contributed by atoms with van der Waals surface area (Å²) in [6.07, 6.45) is 0. The summed E-state index contributed by atoms with van der Waals surface area (Å²) in [6, 6.07) is 24.9. The first-order valence-corrected chi connectivity index (χ1v) is 10.6. The van der Waals surface area contributed by atoms with Gasteiger partial charge in [-0.05, 0) is 37.1 Å². The van der Waals surface area contributed by atoms with Gasteiger partial charge in [-0.15, -0.1) is 11.8 Å². The van der Waals surface area contributed by atoms with Crippen LogP contribution in [0.3, 0.4) is 0 Å². The monoisotopic (exact) mass is 366 g/mol. The Hall–Kier alpha value is -1.84. The number of thioether (sulfide) groups is 1. The smallest absolute Gasteiger partial charge is 0.0585 e. The van der Waals surface area contributed by atoms with Crippen molar-refractivity contribution in [3.05, 3.63) is 95.1 Å². The van der Waals surface area contributed by atoms with Crippen LogP contribution in [0, 0.1) is 13.8 Å². The number of benzene rings is 3. The first-order valence-electron chi connectivity index (χ1n) is 8.33. The van der Waals surface area contributed by atoms with Gasteiger partial charge >= 0.3 is 0 Å². The summed E-state index contributed by atoms with van der Waals surface area (Å²) in [4.78, 5) is 2.04. The molecule has 3 rings (SSSR count). The van der Waals surface area contributed by atoms with Gasteiger partial charge in [0.2, 0.25) is 0 Å². The van der Waals surface area contributed by atoms with Gasteiger partial charge in [0.1, 0.15) is 0 Å². The maximum atomic E-state index is 12.9. The molecule has 0 heterocycles. The lowest BCUT2D eigenvalue weighted by Crippen LogP contribution is -1.98. The summed E-state index contributed by atoms with van der Waals surface area (Å²) in [5, 5.41) is 0. The van der Waals surface area contributed by atoms with E-state index < -0.39 is 10.8 Å². The van der Waals surface area contributed by atoms with E-state index >= 15 is 0 Å². The fraction of sp³-hybridized carbons (Fsp3) is 0.182. The van der Waals surface area contributed by atoms with Crippen LogP contribution in [0.4, 0.5) is 0 Å². The molecule has 25 heavy (non-hydrogen) atoms. The van der Waals surface area contributed by atoms with Crippen molar-refractivity contribution in [3.63, 3.8) is 0 Å². The molecule has 0 aliphatic carbocycles. The molecule has 128 valence electrons. The van der Waals surface area contributed by atoms with Crippen molar-refractivity contribution in [1.82, 2.24) is 0 Å². The Morgan fingerprint density at radius 1 is 0.760 bits per heavy atom. The van der Waals surface area contributed by atoms with Crippen molar-refractivity contribution in [2.24, 2.45) is 0 Å². The molecule has 0 aromatic heterocycles. The van der Waals surface area contributed by atoms with Gasteiger partial charge in [0.15, 0.2) is 0 Å². The van der Waals surface area contributed by atoms with Gasteiger partial charge in [-0.1, -0.05) is 71.8 Å². The summed E-state index contributed by atoms with van der Waals surface area (Å²) in [5.74, 6) is 1.45. The third-order valence-corrected chi connectivity index (χ3v) is 6.74. The Balaban J connectivity index is 1.72. The Bertz CT molecular complexity index is 852. The first-order chi connectivity index (χ1) is 12.1.